The average Bonchev–Trinajstić information content (AvgIpc) is 3.12. The summed E-state index contributed by atoms with van der Waals surface area (Å²) in [6, 6.07) is 2.99. The first-order valence-corrected chi connectivity index (χ1v) is 10.6. The van der Waals surface area contributed by atoms with Gasteiger partial charge >= 0.3 is 0 Å². The fourth-order valence-electron chi connectivity index (χ4n) is 4.58. The Hall–Kier alpha value is -2.48. The van der Waals surface area contributed by atoms with E-state index in [9.17, 15) is 9.59 Å². The average molecular weight is 399 g/mol. The van der Waals surface area contributed by atoms with Crippen molar-refractivity contribution in [3.05, 3.63) is 24.0 Å². The second-order valence-corrected chi connectivity index (χ2v) is 8.21. The van der Waals surface area contributed by atoms with Crippen LogP contribution in [-0.4, -0.2) is 45.8 Å². The number of amides is 2. The third-order valence-corrected chi connectivity index (χ3v) is 6.21. The SMILES string of the molecule is NC(=O)C(NC(=O)c1nn(CC2CCOCC2)c2ncccc12)C1CCCCC1. The fourth-order valence-corrected chi connectivity index (χ4v) is 4.58. The van der Waals surface area contributed by atoms with Crippen molar-refractivity contribution in [3.8, 4) is 0 Å². The lowest BCUT2D eigenvalue weighted by atomic mass is 9.83. The van der Waals surface area contributed by atoms with Gasteiger partial charge in [0.25, 0.3) is 5.91 Å². The quantitative estimate of drug-likeness (QED) is 0.772. The summed E-state index contributed by atoms with van der Waals surface area (Å²) >= 11 is 0. The Balaban J connectivity index is 1.57. The third kappa shape index (κ3) is 4.42. The van der Waals surface area contributed by atoms with Gasteiger partial charge in [0.2, 0.25) is 5.91 Å². The Kier molecular flexibility index (Phi) is 6.08. The number of carbonyl (C=O) groups excluding carboxylic acids is 2. The van der Waals surface area contributed by atoms with Crippen molar-refractivity contribution in [2.45, 2.75) is 57.5 Å². The van der Waals surface area contributed by atoms with Gasteiger partial charge in [-0.3, -0.25) is 9.59 Å². The van der Waals surface area contributed by atoms with Crippen LogP contribution < -0.4 is 11.1 Å². The van der Waals surface area contributed by atoms with Crippen LogP contribution in [0.4, 0.5) is 0 Å². The molecule has 0 spiro atoms. The molecule has 3 heterocycles. The lowest BCUT2D eigenvalue weighted by Gasteiger charge is -2.28. The van der Waals surface area contributed by atoms with Gasteiger partial charge in [-0.05, 0) is 49.7 Å². The smallest absolute Gasteiger partial charge is 0.273 e. The number of carbonyl (C=O) groups is 2. The summed E-state index contributed by atoms with van der Waals surface area (Å²) in [5.74, 6) is -0.290. The number of primary amides is 1. The van der Waals surface area contributed by atoms with E-state index in [-0.39, 0.29) is 11.8 Å². The van der Waals surface area contributed by atoms with Gasteiger partial charge in [-0.1, -0.05) is 19.3 Å². The molecule has 1 unspecified atom stereocenters. The minimum atomic E-state index is -0.657. The molecule has 29 heavy (non-hydrogen) atoms. The zero-order chi connectivity index (χ0) is 20.2. The van der Waals surface area contributed by atoms with Crippen LogP contribution in [0.5, 0.6) is 0 Å². The number of ether oxygens (including phenoxy) is 1. The normalized spacial score (nSPS) is 19.9. The second-order valence-electron chi connectivity index (χ2n) is 8.21. The van der Waals surface area contributed by atoms with E-state index in [0.717, 1.165) is 51.7 Å². The third-order valence-electron chi connectivity index (χ3n) is 6.21. The molecular formula is C21H29N5O3. The molecule has 1 saturated heterocycles. The Bertz CT molecular complexity index is 868. The van der Waals surface area contributed by atoms with Crippen LogP contribution in [0.2, 0.25) is 0 Å². The molecule has 4 rings (SSSR count). The molecule has 2 fully saturated rings. The zero-order valence-electron chi connectivity index (χ0n) is 16.7. The summed E-state index contributed by atoms with van der Waals surface area (Å²) < 4.78 is 7.26. The summed E-state index contributed by atoms with van der Waals surface area (Å²) in [6.07, 6.45) is 8.78. The van der Waals surface area contributed by atoms with Crippen molar-refractivity contribution in [1.82, 2.24) is 20.1 Å². The fraction of sp³-hybridized carbons (Fsp3) is 0.619. The van der Waals surface area contributed by atoms with Gasteiger partial charge < -0.3 is 15.8 Å². The maximum Gasteiger partial charge on any atom is 0.273 e. The first-order chi connectivity index (χ1) is 14.1. The van der Waals surface area contributed by atoms with Gasteiger partial charge in [0.05, 0.1) is 5.39 Å². The highest BCUT2D eigenvalue weighted by molar-refractivity contribution is 6.05. The number of rotatable bonds is 6. The molecule has 2 aromatic rings. The van der Waals surface area contributed by atoms with Crippen LogP contribution in [0, 0.1) is 11.8 Å². The van der Waals surface area contributed by atoms with E-state index in [4.69, 9.17) is 10.5 Å². The van der Waals surface area contributed by atoms with Crippen molar-refractivity contribution in [1.29, 1.82) is 0 Å². The number of nitrogens with two attached hydrogens (primary N) is 1. The van der Waals surface area contributed by atoms with Crippen LogP contribution in [0.1, 0.15) is 55.4 Å². The molecule has 156 valence electrons. The van der Waals surface area contributed by atoms with Crippen LogP contribution in [0.15, 0.2) is 18.3 Å². The van der Waals surface area contributed by atoms with Crippen LogP contribution in [0.25, 0.3) is 11.0 Å². The number of hydrogen-bond acceptors (Lipinski definition) is 5. The van der Waals surface area contributed by atoms with Crippen LogP contribution in [-0.2, 0) is 16.1 Å². The van der Waals surface area contributed by atoms with Gasteiger partial charge in [0, 0.05) is 26.0 Å². The molecule has 3 N–H and O–H groups in total. The minimum Gasteiger partial charge on any atom is -0.381 e. The summed E-state index contributed by atoms with van der Waals surface area (Å²) in [5.41, 5.74) is 6.63. The van der Waals surface area contributed by atoms with Crippen molar-refractivity contribution in [3.63, 3.8) is 0 Å². The molecule has 1 saturated carbocycles. The summed E-state index contributed by atoms with van der Waals surface area (Å²) in [7, 11) is 0. The predicted molar refractivity (Wildman–Crippen MR) is 108 cm³/mol. The lowest BCUT2D eigenvalue weighted by Crippen LogP contribution is -2.49. The molecular weight excluding hydrogens is 370 g/mol. The Morgan fingerprint density at radius 1 is 1.21 bits per heavy atom. The molecule has 1 atom stereocenters. The van der Waals surface area contributed by atoms with Gasteiger partial charge in [-0.2, -0.15) is 5.10 Å². The first kappa shape index (κ1) is 19.8. The predicted octanol–water partition coefficient (Wildman–Crippen LogP) is 2.02. The molecule has 2 amide bonds. The van der Waals surface area contributed by atoms with Gasteiger partial charge in [0.15, 0.2) is 11.3 Å². The molecule has 2 aliphatic rings. The van der Waals surface area contributed by atoms with E-state index in [1.807, 2.05) is 10.7 Å². The monoisotopic (exact) mass is 399 g/mol. The molecule has 8 nitrogen and oxygen atoms in total. The maximum atomic E-state index is 13.1. The van der Waals surface area contributed by atoms with Crippen LogP contribution >= 0.6 is 0 Å². The molecule has 8 heteroatoms. The van der Waals surface area contributed by atoms with Gasteiger partial charge in [-0.25, -0.2) is 9.67 Å². The van der Waals surface area contributed by atoms with Gasteiger partial charge in [0.1, 0.15) is 6.04 Å². The lowest BCUT2D eigenvalue weighted by molar-refractivity contribution is -0.121. The number of hydrogen-bond donors (Lipinski definition) is 2. The van der Waals surface area contributed by atoms with Crippen molar-refractivity contribution in [2.75, 3.05) is 13.2 Å². The van der Waals surface area contributed by atoms with E-state index >= 15 is 0 Å². The highest BCUT2D eigenvalue weighted by atomic mass is 16.5. The molecule has 1 aliphatic heterocycles. The highest BCUT2D eigenvalue weighted by Crippen LogP contribution is 2.27. The molecule has 2 aromatic heterocycles. The van der Waals surface area contributed by atoms with Gasteiger partial charge in [-0.15, -0.1) is 0 Å². The van der Waals surface area contributed by atoms with Crippen LogP contribution in [0.3, 0.4) is 0 Å². The van der Waals surface area contributed by atoms with Crippen molar-refractivity contribution >= 4 is 22.8 Å². The number of aromatic nitrogens is 3. The number of fused-ring (bicyclic) bond motifs is 1. The highest BCUT2D eigenvalue weighted by Gasteiger charge is 2.31. The Morgan fingerprint density at radius 2 is 1.97 bits per heavy atom. The number of nitrogens with zero attached hydrogens (tertiary/aromatic N) is 3. The second kappa shape index (κ2) is 8.90. The first-order valence-electron chi connectivity index (χ1n) is 10.6. The standard InChI is InChI=1S/C21H29N5O3/c22-19(27)17(15-5-2-1-3-6-15)24-21(28)18-16-7-4-10-23-20(16)26(25-18)13-14-8-11-29-12-9-14/h4,7,10,14-15,17H,1-3,5-6,8-9,11-13H2,(H2,22,27)(H,24,28). The van der Waals surface area contributed by atoms with Crippen molar-refractivity contribution < 1.29 is 14.3 Å². The summed E-state index contributed by atoms with van der Waals surface area (Å²) in [5, 5.41) is 8.16. The molecule has 0 aromatic carbocycles. The molecule has 0 radical (unpaired) electrons. The maximum absolute atomic E-state index is 13.1. The van der Waals surface area contributed by atoms with E-state index in [2.05, 4.69) is 15.4 Å². The Morgan fingerprint density at radius 3 is 2.69 bits per heavy atom. The Labute approximate surface area is 170 Å². The summed E-state index contributed by atoms with van der Waals surface area (Å²) in [4.78, 5) is 29.6. The molecule has 0 bridgehead atoms. The largest absolute Gasteiger partial charge is 0.381 e. The van der Waals surface area contributed by atoms with E-state index in [0.29, 0.717) is 29.2 Å². The number of pyridine rings is 1. The summed E-state index contributed by atoms with van der Waals surface area (Å²) in [6.45, 7) is 2.21. The van der Waals surface area contributed by atoms with E-state index < -0.39 is 11.9 Å². The number of nitrogens with one attached hydrogen (secondary N) is 1. The molecule has 1 aliphatic carbocycles. The van der Waals surface area contributed by atoms with Crippen molar-refractivity contribution in [2.24, 2.45) is 17.6 Å². The topological polar surface area (TPSA) is 112 Å². The zero-order valence-corrected chi connectivity index (χ0v) is 16.7. The minimum absolute atomic E-state index is 0.0962. The van der Waals surface area contributed by atoms with E-state index in [1.54, 1.807) is 12.3 Å². The van der Waals surface area contributed by atoms with E-state index in [1.165, 1.54) is 6.42 Å².